The standard InChI is InChI=1S/C12H13N3/c1-3-8(2)12-14-10-5-4-9(7-13)6-11(10)15-12/h4-6,8H,3H2,1-2H3,(H,14,15)/t8-/m1/s1. The van der Waals surface area contributed by atoms with E-state index in [1.165, 1.54) is 0 Å². The van der Waals surface area contributed by atoms with Gasteiger partial charge in [-0.25, -0.2) is 4.98 Å². The zero-order valence-corrected chi connectivity index (χ0v) is 8.91. The van der Waals surface area contributed by atoms with Crippen LogP contribution in [-0.4, -0.2) is 9.97 Å². The summed E-state index contributed by atoms with van der Waals surface area (Å²) < 4.78 is 0. The van der Waals surface area contributed by atoms with Crippen LogP contribution in [0.4, 0.5) is 0 Å². The van der Waals surface area contributed by atoms with E-state index in [-0.39, 0.29) is 0 Å². The Bertz CT molecular complexity index is 519. The molecule has 0 aliphatic heterocycles. The highest BCUT2D eigenvalue weighted by atomic mass is 14.9. The smallest absolute Gasteiger partial charge is 0.110 e. The number of rotatable bonds is 2. The molecule has 76 valence electrons. The van der Waals surface area contributed by atoms with Crippen LogP contribution in [0.25, 0.3) is 11.0 Å². The molecule has 0 saturated heterocycles. The van der Waals surface area contributed by atoms with Crippen LogP contribution in [0.3, 0.4) is 0 Å². The van der Waals surface area contributed by atoms with E-state index in [1.807, 2.05) is 12.1 Å². The van der Waals surface area contributed by atoms with E-state index in [9.17, 15) is 0 Å². The molecule has 1 heterocycles. The average Bonchev–Trinajstić information content (AvgIpc) is 2.70. The fourth-order valence-corrected chi connectivity index (χ4v) is 1.53. The quantitative estimate of drug-likeness (QED) is 0.808. The number of nitriles is 1. The fourth-order valence-electron chi connectivity index (χ4n) is 1.53. The second kappa shape index (κ2) is 3.74. The fraction of sp³-hybridized carbons (Fsp3) is 0.333. The van der Waals surface area contributed by atoms with Gasteiger partial charge in [0.2, 0.25) is 0 Å². The number of imidazole rings is 1. The van der Waals surface area contributed by atoms with E-state index in [2.05, 4.69) is 29.9 Å². The molecular formula is C12H13N3. The Morgan fingerprint density at radius 1 is 1.53 bits per heavy atom. The van der Waals surface area contributed by atoms with E-state index in [4.69, 9.17) is 5.26 Å². The number of nitrogens with zero attached hydrogens (tertiary/aromatic N) is 2. The second-order valence-electron chi connectivity index (χ2n) is 3.78. The van der Waals surface area contributed by atoms with Crippen molar-refractivity contribution in [1.29, 1.82) is 5.26 Å². The third-order valence-electron chi connectivity index (χ3n) is 2.71. The largest absolute Gasteiger partial charge is 0.342 e. The summed E-state index contributed by atoms with van der Waals surface area (Å²) in [4.78, 5) is 7.75. The highest BCUT2D eigenvalue weighted by molar-refractivity contribution is 5.76. The summed E-state index contributed by atoms with van der Waals surface area (Å²) in [6.45, 7) is 4.28. The molecule has 1 atom stereocenters. The number of benzene rings is 1. The lowest BCUT2D eigenvalue weighted by atomic mass is 10.1. The van der Waals surface area contributed by atoms with Crippen LogP contribution in [0, 0.1) is 11.3 Å². The van der Waals surface area contributed by atoms with Gasteiger partial charge < -0.3 is 4.98 Å². The van der Waals surface area contributed by atoms with Crippen molar-refractivity contribution in [3.8, 4) is 6.07 Å². The molecule has 0 saturated carbocycles. The van der Waals surface area contributed by atoms with Gasteiger partial charge in [-0.15, -0.1) is 0 Å². The number of fused-ring (bicyclic) bond motifs is 1. The van der Waals surface area contributed by atoms with Crippen molar-refractivity contribution in [3.05, 3.63) is 29.6 Å². The van der Waals surface area contributed by atoms with Crippen LogP contribution >= 0.6 is 0 Å². The normalized spacial score (nSPS) is 12.6. The lowest BCUT2D eigenvalue weighted by Crippen LogP contribution is -1.92. The summed E-state index contributed by atoms with van der Waals surface area (Å²) in [5, 5.41) is 8.77. The Hall–Kier alpha value is -1.82. The maximum atomic E-state index is 8.77. The van der Waals surface area contributed by atoms with Crippen LogP contribution in [0.1, 0.15) is 37.6 Å². The maximum absolute atomic E-state index is 8.77. The monoisotopic (exact) mass is 199 g/mol. The molecule has 3 nitrogen and oxygen atoms in total. The molecule has 1 aromatic heterocycles. The Morgan fingerprint density at radius 2 is 2.33 bits per heavy atom. The van der Waals surface area contributed by atoms with Crippen molar-refractivity contribution in [2.45, 2.75) is 26.2 Å². The Morgan fingerprint density at radius 3 is 3.00 bits per heavy atom. The first-order chi connectivity index (χ1) is 7.24. The molecular weight excluding hydrogens is 186 g/mol. The maximum Gasteiger partial charge on any atom is 0.110 e. The van der Waals surface area contributed by atoms with Crippen molar-refractivity contribution < 1.29 is 0 Å². The first kappa shape index (κ1) is 9.72. The summed E-state index contributed by atoms with van der Waals surface area (Å²) >= 11 is 0. The number of hydrogen-bond acceptors (Lipinski definition) is 2. The second-order valence-corrected chi connectivity index (χ2v) is 3.78. The third kappa shape index (κ3) is 1.71. The molecule has 0 bridgehead atoms. The zero-order chi connectivity index (χ0) is 10.8. The predicted molar refractivity (Wildman–Crippen MR) is 59.5 cm³/mol. The van der Waals surface area contributed by atoms with Gasteiger partial charge >= 0.3 is 0 Å². The SMILES string of the molecule is CC[C@@H](C)c1nc2ccc(C#N)cc2[nH]1. The summed E-state index contributed by atoms with van der Waals surface area (Å²) in [6, 6.07) is 7.65. The first-order valence-electron chi connectivity index (χ1n) is 5.14. The van der Waals surface area contributed by atoms with Crippen LogP contribution in [0.15, 0.2) is 18.2 Å². The Kier molecular flexibility index (Phi) is 2.42. The topological polar surface area (TPSA) is 52.5 Å². The first-order valence-corrected chi connectivity index (χ1v) is 5.14. The lowest BCUT2D eigenvalue weighted by Gasteiger charge is -2.01. The summed E-state index contributed by atoms with van der Waals surface area (Å²) in [6.07, 6.45) is 1.06. The lowest BCUT2D eigenvalue weighted by molar-refractivity contribution is 0.692. The van der Waals surface area contributed by atoms with E-state index >= 15 is 0 Å². The molecule has 0 unspecified atom stereocenters. The molecule has 2 aromatic rings. The minimum Gasteiger partial charge on any atom is -0.342 e. The van der Waals surface area contributed by atoms with Gasteiger partial charge in [0.15, 0.2) is 0 Å². The minimum absolute atomic E-state index is 0.433. The van der Waals surface area contributed by atoms with Gasteiger partial charge in [0.05, 0.1) is 22.7 Å². The average molecular weight is 199 g/mol. The number of aromatic nitrogens is 2. The number of hydrogen-bond donors (Lipinski definition) is 1. The van der Waals surface area contributed by atoms with E-state index in [0.717, 1.165) is 23.3 Å². The van der Waals surface area contributed by atoms with Crippen molar-refractivity contribution >= 4 is 11.0 Å². The van der Waals surface area contributed by atoms with Gasteiger partial charge in [-0.1, -0.05) is 13.8 Å². The Balaban J connectivity index is 2.52. The van der Waals surface area contributed by atoms with Crippen molar-refractivity contribution in [2.75, 3.05) is 0 Å². The van der Waals surface area contributed by atoms with Gasteiger partial charge in [-0.05, 0) is 24.6 Å². The molecule has 0 aliphatic rings. The summed E-state index contributed by atoms with van der Waals surface area (Å²) in [5.74, 6) is 1.44. The highest BCUT2D eigenvalue weighted by Crippen LogP contribution is 2.20. The van der Waals surface area contributed by atoms with Crippen LogP contribution < -0.4 is 0 Å². The number of nitrogens with one attached hydrogen (secondary N) is 1. The van der Waals surface area contributed by atoms with Crippen LogP contribution in [0.5, 0.6) is 0 Å². The summed E-state index contributed by atoms with van der Waals surface area (Å²) in [5.41, 5.74) is 2.55. The van der Waals surface area contributed by atoms with Gasteiger partial charge in [-0.3, -0.25) is 0 Å². The molecule has 1 aromatic carbocycles. The van der Waals surface area contributed by atoms with Gasteiger partial charge in [0.25, 0.3) is 0 Å². The zero-order valence-electron chi connectivity index (χ0n) is 8.91. The molecule has 0 fully saturated rings. The number of H-pyrrole nitrogens is 1. The molecule has 1 N–H and O–H groups in total. The molecule has 0 aliphatic carbocycles. The Labute approximate surface area is 88.8 Å². The summed E-state index contributed by atoms with van der Waals surface area (Å²) in [7, 11) is 0. The molecule has 15 heavy (non-hydrogen) atoms. The van der Waals surface area contributed by atoms with Gasteiger partial charge in [0.1, 0.15) is 5.82 Å². The van der Waals surface area contributed by atoms with E-state index < -0.39 is 0 Å². The van der Waals surface area contributed by atoms with E-state index in [1.54, 1.807) is 6.07 Å². The van der Waals surface area contributed by atoms with Crippen molar-refractivity contribution in [1.82, 2.24) is 9.97 Å². The molecule has 0 amide bonds. The van der Waals surface area contributed by atoms with Crippen LogP contribution in [0.2, 0.25) is 0 Å². The van der Waals surface area contributed by atoms with Gasteiger partial charge in [0, 0.05) is 5.92 Å². The third-order valence-corrected chi connectivity index (χ3v) is 2.71. The highest BCUT2D eigenvalue weighted by Gasteiger charge is 2.08. The minimum atomic E-state index is 0.433. The predicted octanol–water partition coefficient (Wildman–Crippen LogP) is 2.95. The molecule has 0 spiro atoms. The van der Waals surface area contributed by atoms with Crippen LogP contribution in [-0.2, 0) is 0 Å². The number of aromatic amines is 1. The van der Waals surface area contributed by atoms with Crippen molar-refractivity contribution in [2.24, 2.45) is 0 Å². The molecule has 0 radical (unpaired) electrons. The van der Waals surface area contributed by atoms with E-state index in [0.29, 0.717) is 11.5 Å². The molecule has 2 rings (SSSR count). The van der Waals surface area contributed by atoms with Gasteiger partial charge in [-0.2, -0.15) is 5.26 Å². The van der Waals surface area contributed by atoms with Crippen molar-refractivity contribution in [3.63, 3.8) is 0 Å². The molecule has 3 heteroatoms.